The van der Waals surface area contributed by atoms with Crippen molar-refractivity contribution >= 4 is 17.2 Å². The van der Waals surface area contributed by atoms with Crippen LogP contribution in [0.1, 0.15) is 16.1 Å². The Morgan fingerprint density at radius 3 is 2.62 bits per heavy atom. The molecule has 0 aliphatic rings. The zero-order valence-corrected chi connectivity index (χ0v) is 15.4. The second kappa shape index (κ2) is 8.45. The number of rotatable bonds is 7. The molecule has 2 aromatic carbocycles. The first kappa shape index (κ1) is 17.9. The molecule has 26 heavy (non-hydrogen) atoms. The summed E-state index contributed by atoms with van der Waals surface area (Å²) in [5.41, 5.74) is 2.52. The second-order valence-corrected chi connectivity index (χ2v) is 6.67. The summed E-state index contributed by atoms with van der Waals surface area (Å²) >= 11 is 1.46. The average Bonchev–Trinajstić information content (AvgIpc) is 3.17. The van der Waals surface area contributed by atoms with E-state index in [1.54, 1.807) is 23.4 Å². The van der Waals surface area contributed by atoms with Gasteiger partial charge in [-0.3, -0.25) is 4.79 Å². The van der Waals surface area contributed by atoms with Crippen LogP contribution >= 0.6 is 11.3 Å². The number of thiazole rings is 1. The quantitative estimate of drug-likeness (QED) is 0.573. The lowest BCUT2D eigenvalue weighted by atomic mass is 10.2. The molecule has 1 heterocycles. The molecule has 0 aliphatic carbocycles. The van der Waals surface area contributed by atoms with Gasteiger partial charge in [0.25, 0.3) is 5.91 Å². The van der Waals surface area contributed by atoms with Crippen molar-refractivity contribution in [2.45, 2.75) is 6.54 Å². The van der Waals surface area contributed by atoms with Crippen molar-refractivity contribution in [3.63, 3.8) is 0 Å². The molecule has 1 aromatic heterocycles. The molecule has 3 rings (SSSR count). The van der Waals surface area contributed by atoms with Crippen LogP contribution < -0.4 is 4.74 Å². The van der Waals surface area contributed by atoms with E-state index in [0.717, 1.165) is 21.9 Å². The van der Waals surface area contributed by atoms with Crippen LogP contribution in [0, 0.1) is 0 Å². The maximum absolute atomic E-state index is 12.6. The molecule has 5 heteroatoms. The maximum atomic E-state index is 12.6. The van der Waals surface area contributed by atoms with Crippen LogP contribution in [-0.4, -0.2) is 29.4 Å². The molecule has 0 unspecified atom stereocenters. The zero-order chi connectivity index (χ0) is 18.4. The van der Waals surface area contributed by atoms with E-state index >= 15 is 0 Å². The Labute approximate surface area is 157 Å². The molecule has 0 atom stereocenters. The van der Waals surface area contributed by atoms with Crippen LogP contribution in [0.4, 0.5) is 0 Å². The highest BCUT2D eigenvalue weighted by Crippen LogP contribution is 2.26. The average molecular weight is 364 g/mol. The van der Waals surface area contributed by atoms with Crippen molar-refractivity contribution in [2.75, 3.05) is 13.7 Å². The van der Waals surface area contributed by atoms with E-state index in [0.29, 0.717) is 18.8 Å². The fourth-order valence-electron chi connectivity index (χ4n) is 2.48. The molecule has 0 saturated carbocycles. The third-order valence-electron chi connectivity index (χ3n) is 3.80. The first-order valence-electron chi connectivity index (χ1n) is 8.26. The second-order valence-electron chi connectivity index (χ2n) is 5.81. The Bertz CT molecular complexity index is 873. The summed E-state index contributed by atoms with van der Waals surface area (Å²) in [7, 11) is 1.79. The lowest BCUT2D eigenvalue weighted by molar-refractivity contribution is 0.0780. The van der Waals surface area contributed by atoms with Crippen molar-refractivity contribution in [1.29, 1.82) is 0 Å². The van der Waals surface area contributed by atoms with Gasteiger partial charge in [-0.25, -0.2) is 4.98 Å². The third kappa shape index (κ3) is 4.37. The summed E-state index contributed by atoms with van der Waals surface area (Å²) in [5, 5.41) is 2.62. The third-order valence-corrected chi connectivity index (χ3v) is 4.69. The van der Waals surface area contributed by atoms with Gasteiger partial charge in [-0.05, 0) is 29.8 Å². The van der Waals surface area contributed by atoms with Crippen molar-refractivity contribution in [3.8, 4) is 16.3 Å². The molecule has 0 aliphatic heterocycles. The number of aromatic nitrogens is 1. The zero-order valence-electron chi connectivity index (χ0n) is 14.6. The van der Waals surface area contributed by atoms with Gasteiger partial charge < -0.3 is 9.64 Å². The van der Waals surface area contributed by atoms with Crippen molar-refractivity contribution in [1.82, 2.24) is 9.88 Å². The van der Waals surface area contributed by atoms with E-state index in [1.165, 1.54) is 11.3 Å². The van der Waals surface area contributed by atoms with Crippen LogP contribution in [0.5, 0.6) is 5.75 Å². The maximum Gasteiger partial charge on any atom is 0.273 e. The van der Waals surface area contributed by atoms with Crippen LogP contribution in [0.2, 0.25) is 0 Å². The van der Waals surface area contributed by atoms with E-state index in [2.05, 4.69) is 11.6 Å². The van der Waals surface area contributed by atoms with Gasteiger partial charge in [0.05, 0.1) is 0 Å². The first-order valence-corrected chi connectivity index (χ1v) is 9.14. The number of amides is 1. The van der Waals surface area contributed by atoms with Gasteiger partial charge in [0.2, 0.25) is 0 Å². The number of hydrogen-bond acceptors (Lipinski definition) is 4. The summed E-state index contributed by atoms with van der Waals surface area (Å²) < 4.78 is 5.48. The van der Waals surface area contributed by atoms with Crippen LogP contribution in [0.3, 0.4) is 0 Å². The molecule has 0 N–H and O–H groups in total. The molecule has 3 aromatic rings. The summed E-state index contributed by atoms with van der Waals surface area (Å²) in [4.78, 5) is 18.8. The summed E-state index contributed by atoms with van der Waals surface area (Å²) in [5.74, 6) is 0.700. The SMILES string of the molecule is C=CCOc1ccc(-c2nc(C(=O)N(C)Cc3ccccc3)cs2)cc1. The van der Waals surface area contributed by atoms with E-state index < -0.39 is 0 Å². The molecule has 0 spiro atoms. The van der Waals surface area contributed by atoms with Crippen molar-refractivity contribution in [2.24, 2.45) is 0 Å². The highest BCUT2D eigenvalue weighted by Gasteiger charge is 2.16. The Balaban J connectivity index is 1.68. The van der Waals surface area contributed by atoms with E-state index in [1.807, 2.05) is 54.6 Å². The standard InChI is InChI=1S/C21H20N2O2S/c1-3-13-25-18-11-9-17(10-12-18)20-22-19(15-26-20)21(24)23(2)14-16-7-5-4-6-8-16/h3-12,15H,1,13-14H2,2H3. The number of benzene rings is 2. The molecule has 132 valence electrons. The Hall–Kier alpha value is -2.92. The number of carbonyl (C=O) groups is 1. The first-order chi connectivity index (χ1) is 12.7. The minimum absolute atomic E-state index is 0.0812. The van der Waals surface area contributed by atoms with Gasteiger partial charge in [0.1, 0.15) is 23.1 Å². The van der Waals surface area contributed by atoms with Gasteiger partial charge >= 0.3 is 0 Å². The van der Waals surface area contributed by atoms with Gasteiger partial charge in [-0.1, -0.05) is 43.0 Å². The monoisotopic (exact) mass is 364 g/mol. The lowest BCUT2D eigenvalue weighted by Gasteiger charge is -2.15. The topological polar surface area (TPSA) is 42.4 Å². The van der Waals surface area contributed by atoms with Crippen molar-refractivity contribution < 1.29 is 9.53 Å². The molecule has 0 radical (unpaired) electrons. The number of ether oxygens (including phenoxy) is 1. The highest BCUT2D eigenvalue weighted by molar-refractivity contribution is 7.13. The fourth-order valence-corrected chi connectivity index (χ4v) is 3.28. The summed E-state index contributed by atoms with van der Waals surface area (Å²) in [6.45, 7) is 4.66. The minimum atomic E-state index is -0.0812. The predicted octanol–water partition coefficient (Wildman–Crippen LogP) is 4.65. The van der Waals surface area contributed by atoms with E-state index in [4.69, 9.17) is 4.74 Å². The van der Waals surface area contributed by atoms with Crippen LogP contribution in [0.15, 0.2) is 72.6 Å². The van der Waals surface area contributed by atoms with Gasteiger partial charge in [-0.2, -0.15) is 0 Å². The van der Waals surface area contributed by atoms with Crippen LogP contribution in [-0.2, 0) is 6.54 Å². The molecule has 0 bridgehead atoms. The molecule has 4 nitrogen and oxygen atoms in total. The largest absolute Gasteiger partial charge is 0.490 e. The Kier molecular flexibility index (Phi) is 5.81. The highest BCUT2D eigenvalue weighted by atomic mass is 32.1. The fraction of sp³-hybridized carbons (Fsp3) is 0.143. The number of nitrogens with zero attached hydrogens (tertiary/aromatic N) is 2. The molecular formula is C21H20N2O2S. The van der Waals surface area contributed by atoms with Crippen molar-refractivity contribution in [3.05, 3.63) is 83.9 Å². The molecule has 1 amide bonds. The number of hydrogen-bond donors (Lipinski definition) is 0. The predicted molar refractivity (Wildman–Crippen MR) is 105 cm³/mol. The Morgan fingerprint density at radius 2 is 1.92 bits per heavy atom. The van der Waals surface area contributed by atoms with Crippen LogP contribution in [0.25, 0.3) is 10.6 Å². The molecular weight excluding hydrogens is 344 g/mol. The summed E-state index contributed by atoms with van der Waals surface area (Å²) in [6.07, 6.45) is 1.71. The van der Waals surface area contributed by atoms with E-state index in [-0.39, 0.29) is 5.91 Å². The Morgan fingerprint density at radius 1 is 1.19 bits per heavy atom. The summed E-state index contributed by atoms with van der Waals surface area (Å²) in [6, 6.07) is 17.6. The van der Waals surface area contributed by atoms with Gasteiger partial charge in [-0.15, -0.1) is 11.3 Å². The van der Waals surface area contributed by atoms with E-state index in [9.17, 15) is 4.79 Å². The number of carbonyl (C=O) groups excluding carboxylic acids is 1. The van der Waals surface area contributed by atoms with Gasteiger partial charge in [0.15, 0.2) is 0 Å². The molecule has 0 fully saturated rings. The normalized spacial score (nSPS) is 10.3. The smallest absolute Gasteiger partial charge is 0.273 e. The minimum Gasteiger partial charge on any atom is -0.490 e. The molecule has 0 saturated heterocycles. The van der Waals surface area contributed by atoms with Gasteiger partial charge in [0, 0.05) is 24.5 Å². The lowest BCUT2D eigenvalue weighted by Crippen LogP contribution is -2.26.